The second-order valence-electron chi connectivity index (χ2n) is 20.6. The number of pyridine rings is 1. The van der Waals surface area contributed by atoms with Crippen LogP contribution in [0.15, 0.2) is 241 Å². The van der Waals surface area contributed by atoms with Crippen molar-refractivity contribution in [2.24, 2.45) is 0 Å². The summed E-state index contributed by atoms with van der Waals surface area (Å²) in [4.78, 5) is 7.88. The standard InChI is InChI=1S/C70H45N3O/c1-70(2)59-22-9-6-16-50(59)55-40-58-57-39-46(33-37-63(57)73(65(58)41-60(55)70)47-14-4-3-5-15-47)43-30-34-48(35-31-43)72-62-23-10-7-18-54(62)68-67-52(20-13-24-64(67)72)56-38-45(32-36-61(56)71-68)42-26-28-44(29-27-42)49-19-12-21-53-51-17-8-11-25-66(51)74-69(49)53/h3-41H,1-2H3. The van der Waals surface area contributed by atoms with Crippen molar-refractivity contribution < 1.29 is 4.42 Å². The Balaban J connectivity index is 0.786. The molecule has 0 amide bonds. The zero-order valence-corrected chi connectivity index (χ0v) is 40.8. The Hall–Kier alpha value is -9.51. The lowest BCUT2D eigenvalue weighted by Crippen LogP contribution is -2.15. The molecule has 0 saturated carbocycles. The van der Waals surface area contributed by atoms with Crippen molar-refractivity contribution >= 4 is 82.5 Å². The van der Waals surface area contributed by atoms with E-state index in [1.807, 2.05) is 12.1 Å². The highest BCUT2D eigenvalue weighted by molar-refractivity contribution is 6.21. The molecule has 0 atom stereocenters. The van der Waals surface area contributed by atoms with E-state index in [2.05, 4.69) is 248 Å². The van der Waals surface area contributed by atoms with Crippen LogP contribution >= 0.6 is 0 Å². The maximum atomic E-state index is 6.40. The second kappa shape index (κ2) is 15.3. The van der Waals surface area contributed by atoms with Gasteiger partial charge in [-0.05, 0) is 134 Å². The van der Waals surface area contributed by atoms with Crippen LogP contribution < -0.4 is 4.90 Å². The predicted octanol–water partition coefficient (Wildman–Crippen LogP) is 19.1. The van der Waals surface area contributed by atoms with Gasteiger partial charge in [0.25, 0.3) is 0 Å². The van der Waals surface area contributed by atoms with Crippen LogP contribution in [0.5, 0.6) is 0 Å². The maximum Gasteiger partial charge on any atom is 0.143 e. The van der Waals surface area contributed by atoms with E-state index in [0.717, 1.165) is 88.8 Å². The van der Waals surface area contributed by atoms with Crippen LogP contribution in [0.1, 0.15) is 25.0 Å². The van der Waals surface area contributed by atoms with Gasteiger partial charge >= 0.3 is 0 Å². The molecule has 0 N–H and O–H groups in total. The summed E-state index contributed by atoms with van der Waals surface area (Å²) in [6, 6.07) is 86.5. The number of para-hydroxylation sites is 4. The van der Waals surface area contributed by atoms with Gasteiger partial charge in [0.2, 0.25) is 0 Å². The molecule has 16 rings (SSSR count). The van der Waals surface area contributed by atoms with Crippen molar-refractivity contribution in [2.75, 3.05) is 4.90 Å². The van der Waals surface area contributed by atoms with Crippen LogP contribution in [0.2, 0.25) is 0 Å². The topological polar surface area (TPSA) is 34.2 Å². The summed E-state index contributed by atoms with van der Waals surface area (Å²) in [5.41, 5.74) is 24.1. The first kappa shape index (κ1) is 41.1. The van der Waals surface area contributed by atoms with E-state index in [1.165, 1.54) is 66.3 Å². The molecule has 0 spiro atoms. The number of hydrogen-bond donors (Lipinski definition) is 0. The van der Waals surface area contributed by atoms with Gasteiger partial charge in [-0.3, -0.25) is 0 Å². The monoisotopic (exact) mass is 943 g/mol. The zero-order chi connectivity index (χ0) is 48.8. The Morgan fingerprint density at radius 1 is 0.378 bits per heavy atom. The minimum absolute atomic E-state index is 0.0926. The van der Waals surface area contributed by atoms with Crippen LogP contribution in [0.25, 0.3) is 127 Å². The number of nitrogens with zero attached hydrogens (tertiary/aromatic N) is 3. The molecule has 2 aliphatic rings. The van der Waals surface area contributed by atoms with Crippen molar-refractivity contribution in [1.82, 2.24) is 9.55 Å². The van der Waals surface area contributed by atoms with Gasteiger partial charge in [0, 0.05) is 60.2 Å². The summed E-state index contributed by atoms with van der Waals surface area (Å²) in [6.07, 6.45) is 0. The number of anilines is 3. The first-order chi connectivity index (χ1) is 36.4. The second-order valence-corrected chi connectivity index (χ2v) is 20.6. The van der Waals surface area contributed by atoms with Crippen LogP contribution in [0.3, 0.4) is 0 Å². The highest BCUT2D eigenvalue weighted by Gasteiger charge is 2.36. The van der Waals surface area contributed by atoms with Crippen LogP contribution in [0.4, 0.5) is 17.1 Å². The summed E-state index contributed by atoms with van der Waals surface area (Å²) in [5.74, 6) is 0. The van der Waals surface area contributed by atoms with Crippen molar-refractivity contribution in [1.29, 1.82) is 0 Å². The van der Waals surface area contributed by atoms with Crippen LogP contribution in [-0.4, -0.2) is 9.55 Å². The molecule has 4 heterocycles. The molecule has 3 aromatic heterocycles. The lowest BCUT2D eigenvalue weighted by atomic mass is 9.82. The molecule has 0 unspecified atom stereocenters. The quantitative estimate of drug-likeness (QED) is 0.161. The molecule has 11 aromatic carbocycles. The first-order valence-electron chi connectivity index (χ1n) is 25.6. The van der Waals surface area contributed by atoms with Crippen molar-refractivity contribution in [3.8, 4) is 61.5 Å². The van der Waals surface area contributed by atoms with E-state index < -0.39 is 0 Å². The van der Waals surface area contributed by atoms with E-state index >= 15 is 0 Å². The van der Waals surface area contributed by atoms with Gasteiger partial charge in [-0.15, -0.1) is 0 Å². The number of aromatic nitrogens is 2. The van der Waals surface area contributed by atoms with E-state index in [4.69, 9.17) is 9.40 Å². The summed E-state index contributed by atoms with van der Waals surface area (Å²) in [6.45, 7) is 4.73. The number of hydrogen-bond acceptors (Lipinski definition) is 3. The third-order valence-corrected chi connectivity index (χ3v) is 16.3. The average molecular weight is 944 g/mol. The summed E-state index contributed by atoms with van der Waals surface area (Å²) in [5, 5.41) is 8.28. The molecule has 0 saturated heterocycles. The minimum Gasteiger partial charge on any atom is -0.455 e. The Kier molecular flexibility index (Phi) is 8.48. The van der Waals surface area contributed by atoms with Crippen molar-refractivity contribution in [3.05, 3.63) is 248 Å². The minimum atomic E-state index is -0.0926. The van der Waals surface area contributed by atoms with Gasteiger partial charge in [0.1, 0.15) is 11.2 Å². The number of benzene rings is 11. The average Bonchev–Trinajstić information content (AvgIpc) is 4.12. The molecule has 0 radical (unpaired) electrons. The number of rotatable bonds is 5. The predicted molar refractivity (Wildman–Crippen MR) is 308 cm³/mol. The Morgan fingerprint density at radius 3 is 1.85 bits per heavy atom. The molecule has 1 aliphatic heterocycles. The zero-order valence-electron chi connectivity index (χ0n) is 40.8. The Bertz CT molecular complexity index is 4670. The lowest BCUT2D eigenvalue weighted by Gasteiger charge is -2.33. The van der Waals surface area contributed by atoms with Gasteiger partial charge in [0.05, 0.1) is 33.6 Å². The molecule has 14 aromatic rings. The largest absolute Gasteiger partial charge is 0.455 e. The van der Waals surface area contributed by atoms with Crippen molar-refractivity contribution in [2.45, 2.75) is 19.3 Å². The summed E-state index contributed by atoms with van der Waals surface area (Å²) in [7, 11) is 0. The smallest absolute Gasteiger partial charge is 0.143 e. The maximum absolute atomic E-state index is 6.40. The highest BCUT2D eigenvalue weighted by atomic mass is 16.3. The third-order valence-electron chi connectivity index (χ3n) is 16.3. The fourth-order valence-electron chi connectivity index (χ4n) is 12.7. The third kappa shape index (κ3) is 5.82. The van der Waals surface area contributed by atoms with Crippen LogP contribution in [0, 0.1) is 0 Å². The molecular formula is C70H45N3O. The molecule has 0 bridgehead atoms. The van der Waals surface area contributed by atoms with E-state index in [-0.39, 0.29) is 5.41 Å². The normalized spacial score (nSPS) is 13.4. The Morgan fingerprint density at radius 2 is 1.00 bits per heavy atom. The van der Waals surface area contributed by atoms with Gasteiger partial charge in [-0.25, -0.2) is 4.98 Å². The van der Waals surface area contributed by atoms with Crippen molar-refractivity contribution in [3.63, 3.8) is 0 Å². The van der Waals surface area contributed by atoms with Gasteiger partial charge in [-0.2, -0.15) is 0 Å². The summed E-state index contributed by atoms with van der Waals surface area (Å²) >= 11 is 0. The first-order valence-corrected chi connectivity index (χ1v) is 25.6. The highest BCUT2D eigenvalue weighted by Crippen LogP contribution is 2.53. The van der Waals surface area contributed by atoms with E-state index in [0.29, 0.717) is 0 Å². The lowest BCUT2D eigenvalue weighted by molar-refractivity contribution is 0.661. The molecule has 4 nitrogen and oxygen atoms in total. The number of furan rings is 1. The fourth-order valence-corrected chi connectivity index (χ4v) is 12.7. The molecular weight excluding hydrogens is 899 g/mol. The van der Waals surface area contributed by atoms with Gasteiger partial charge in [0.15, 0.2) is 0 Å². The summed E-state index contributed by atoms with van der Waals surface area (Å²) < 4.78 is 8.85. The molecule has 0 fully saturated rings. The molecule has 1 aliphatic carbocycles. The Labute approximate surface area is 427 Å². The molecule has 4 heteroatoms. The molecule has 346 valence electrons. The van der Waals surface area contributed by atoms with Gasteiger partial charge < -0.3 is 13.9 Å². The van der Waals surface area contributed by atoms with E-state index in [9.17, 15) is 0 Å². The SMILES string of the molecule is CC1(C)c2ccccc2-c2cc3c4cc(-c5ccc(N6c7ccccc7-c7nc8ccc(-c9ccc(-c%10cccc%11c%10oc%10ccccc%10%11)cc9)cc8c8cccc6c78)cc5)ccc4n(-c4ccccc4)c3cc21. The number of fused-ring (bicyclic) bond motifs is 13. The molecule has 74 heavy (non-hydrogen) atoms. The fraction of sp³-hybridized carbons (Fsp3) is 0.0429. The van der Waals surface area contributed by atoms with Crippen LogP contribution in [-0.2, 0) is 5.41 Å². The van der Waals surface area contributed by atoms with E-state index in [1.54, 1.807) is 0 Å². The van der Waals surface area contributed by atoms with Gasteiger partial charge in [-0.1, -0.05) is 172 Å².